The van der Waals surface area contributed by atoms with Gasteiger partial charge in [-0.25, -0.2) is 0 Å². The molecule has 9 aromatic carbocycles. The largest absolute Gasteiger partial charge is 0.310 e. The topological polar surface area (TPSA) is 8.17 Å². The smallest absolute Gasteiger partial charge is 0.0726 e. The van der Waals surface area contributed by atoms with E-state index < -0.39 is 5.41 Å². The van der Waals surface area contributed by atoms with Crippen molar-refractivity contribution in [2.75, 3.05) is 4.90 Å². The van der Waals surface area contributed by atoms with Crippen molar-refractivity contribution in [3.05, 3.63) is 239 Å². The highest BCUT2D eigenvalue weighted by Crippen LogP contribution is 2.63. The van der Waals surface area contributed by atoms with Crippen LogP contribution in [0.3, 0.4) is 0 Å². The normalized spacial score (nSPS) is 15.9. The van der Waals surface area contributed by atoms with Crippen LogP contribution in [0.2, 0.25) is 0 Å². The summed E-state index contributed by atoms with van der Waals surface area (Å²) in [6, 6.07) is 76.5. The van der Waals surface area contributed by atoms with E-state index in [-0.39, 0.29) is 5.41 Å². The molecule has 1 spiro atoms. The van der Waals surface area contributed by atoms with E-state index in [4.69, 9.17) is 0 Å². The minimum Gasteiger partial charge on any atom is -0.310 e. The second-order valence-electron chi connectivity index (χ2n) is 19.8. The molecule has 0 atom stereocenters. The van der Waals surface area contributed by atoms with E-state index in [0.29, 0.717) is 5.92 Å². The van der Waals surface area contributed by atoms with Crippen LogP contribution in [0.1, 0.15) is 90.8 Å². The molecule has 4 aliphatic carbocycles. The molecule has 0 unspecified atom stereocenters. The van der Waals surface area contributed by atoms with Gasteiger partial charge in [0, 0.05) is 38.9 Å². The molecule has 14 rings (SSSR count). The summed E-state index contributed by atoms with van der Waals surface area (Å²) in [6.45, 7) is 4.78. The van der Waals surface area contributed by atoms with Crippen LogP contribution in [-0.2, 0) is 10.8 Å². The van der Waals surface area contributed by atoms with Gasteiger partial charge in [0.15, 0.2) is 0 Å². The molecule has 66 heavy (non-hydrogen) atoms. The monoisotopic (exact) mass is 846 g/mol. The maximum Gasteiger partial charge on any atom is 0.0726 e. The number of anilines is 3. The van der Waals surface area contributed by atoms with Gasteiger partial charge < -0.3 is 9.47 Å². The number of hydrogen-bond donors (Lipinski definition) is 0. The van der Waals surface area contributed by atoms with Gasteiger partial charge in [-0.2, -0.15) is 0 Å². The lowest BCUT2D eigenvalue weighted by molar-refractivity contribution is 0.444. The van der Waals surface area contributed by atoms with Crippen LogP contribution in [0.5, 0.6) is 0 Å². The van der Waals surface area contributed by atoms with E-state index in [2.05, 4.69) is 224 Å². The van der Waals surface area contributed by atoms with Crippen LogP contribution in [0.25, 0.3) is 60.9 Å². The summed E-state index contributed by atoms with van der Waals surface area (Å²) in [5.41, 5.74) is 24.2. The first-order valence-corrected chi connectivity index (χ1v) is 24.1. The molecule has 1 fully saturated rings. The molecule has 1 saturated carbocycles. The van der Waals surface area contributed by atoms with E-state index in [0.717, 1.165) is 17.1 Å². The Kier molecular flexibility index (Phi) is 8.06. The Morgan fingerprint density at radius 3 is 1.53 bits per heavy atom. The molecule has 0 N–H and O–H groups in total. The first-order chi connectivity index (χ1) is 32.5. The summed E-state index contributed by atoms with van der Waals surface area (Å²) >= 11 is 0. The van der Waals surface area contributed by atoms with Crippen LogP contribution >= 0.6 is 0 Å². The number of fused-ring (bicyclic) bond motifs is 16. The standard InChI is InChI=1S/C64H50N2/c1-63(2)55-25-13-9-21-47(55)51-34-30-45(39-59(51)63)65(44-32-36-61-54(38-44)53-33-29-42(41-17-5-3-6-18-41)37-62(53)66(61)43-19-7-4-8-20-43)46-31-35-52-50-24-12-16-28-58(50)64(60(52)40-46)56-26-14-10-22-48(56)49-23-11-15-27-57(49)64/h4,7-16,19-41H,3,5-6,17-18H2,1-2H3. The van der Waals surface area contributed by atoms with Gasteiger partial charge in [-0.15, -0.1) is 0 Å². The van der Waals surface area contributed by atoms with Gasteiger partial charge in [0.2, 0.25) is 0 Å². The number of benzene rings is 9. The Hall–Kier alpha value is -7.42. The van der Waals surface area contributed by atoms with Gasteiger partial charge in [-0.3, -0.25) is 0 Å². The van der Waals surface area contributed by atoms with Gasteiger partial charge in [-0.1, -0.05) is 173 Å². The molecule has 0 bridgehead atoms. The Balaban J connectivity index is 1.02. The van der Waals surface area contributed by atoms with Gasteiger partial charge in [-0.05, 0) is 152 Å². The highest BCUT2D eigenvalue weighted by atomic mass is 15.1. The number of aromatic nitrogens is 1. The summed E-state index contributed by atoms with van der Waals surface area (Å²) in [5.74, 6) is 0.625. The van der Waals surface area contributed by atoms with Gasteiger partial charge in [0.05, 0.1) is 16.4 Å². The summed E-state index contributed by atoms with van der Waals surface area (Å²) in [5, 5.41) is 2.56. The van der Waals surface area contributed by atoms with Gasteiger partial charge in [0.1, 0.15) is 0 Å². The minimum atomic E-state index is -0.439. The van der Waals surface area contributed by atoms with E-state index in [1.165, 1.54) is 132 Å². The maximum atomic E-state index is 2.55. The van der Waals surface area contributed by atoms with Crippen molar-refractivity contribution < 1.29 is 0 Å². The third kappa shape index (κ3) is 5.13. The first-order valence-electron chi connectivity index (χ1n) is 24.1. The fraction of sp³-hybridized carbons (Fsp3) is 0.156. The van der Waals surface area contributed by atoms with Gasteiger partial charge >= 0.3 is 0 Å². The second-order valence-corrected chi connectivity index (χ2v) is 19.8. The highest BCUT2D eigenvalue weighted by molar-refractivity contribution is 6.11. The minimum absolute atomic E-state index is 0.141. The fourth-order valence-electron chi connectivity index (χ4n) is 13.2. The van der Waals surface area contributed by atoms with Gasteiger partial charge in [0.25, 0.3) is 0 Å². The van der Waals surface area contributed by atoms with Crippen LogP contribution < -0.4 is 4.90 Å². The summed E-state index contributed by atoms with van der Waals surface area (Å²) in [6.07, 6.45) is 6.57. The average Bonchev–Trinajstić information content (AvgIpc) is 4.04. The molecular formula is C64H50N2. The molecule has 0 aliphatic heterocycles. The molecule has 10 aromatic rings. The predicted molar refractivity (Wildman–Crippen MR) is 275 cm³/mol. The average molecular weight is 847 g/mol. The first kappa shape index (κ1) is 37.9. The van der Waals surface area contributed by atoms with Crippen LogP contribution in [0.4, 0.5) is 17.1 Å². The van der Waals surface area contributed by atoms with Crippen molar-refractivity contribution in [3.8, 4) is 39.1 Å². The molecular weight excluding hydrogens is 797 g/mol. The lowest BCUT2D eigenvalue weighted by atomic mass is 9.70. The van der Waals surface area contributed by atoms with Crippen molar-refractivity contribution in [2.45, 2.75) is 62.7 Å². The predicted octanol–water partition coefficient (Wildman–Crippen LogP) is 17.0. The quantitative estimate of drug-likeness (QED) is 0.168. The van der Waals surface area contributed by atoms with E-state index >= 15 is 0 Å². The number of para-hydroxylation sites is 1. The van der Waals surface area contributed by atoms with E-state index in [1.54, 1.807) is 0 Å². The van der Waals surface area contributed by atoms with Crippen LogP contribution in [0, 0.1) is 0 Å². The highest BCUT2D eigenvalue weighted by Gasteiger charge is 2.51. The third-order valence-electron chi connectivity index (χ3n) is 16.2. The van der Waals surface area contributed by atoms with E-state index in [9.17, 15) is 0 Å². The molecule has 2 nitrogen and oxygen atoms in total. The zero-order valence-electron chi connectivity index (χ0n) is 37.6. The number of nitrogens with zero attached hydrogens (tertiary/aromatic N) is 2. The maximum absolute atomic E-state index is 2.55. The van der Waals surface area contributed by atoms with Crippen molar-refractivity contribution in [1.29, 1.82) is 0 Å². The summed E-state index contributed by atoms with van der Waals surface area (Å²) in [4.78, 5) is 2.55. The van der Waals surface area contributed by atoms with Crippen molar-refractivity contribution in [2.24, 2.45) is 0 Å². The SMILES string of the molecule is CC1(C)c2ccccc2-c2ccc(N(c3ccc4c(c3)C3(c5ccccc5-c5ccccc53)c3ccccc3-4)c3ccc4c(c3)c3ccc(C5CCCCC5)cc3n4-c3ccccc3)cc21. The Labute approximate surface area is 387 Å². The van der Waals surface area contributed by atoms with Crippen LogP contribution in [-0.4, -0.2) is 4.57 Å². The second kappa shape index (κ2) is 14.0. The van der Waals surface area contributed by atoms with E-state index in [1.807, 2.05) is 0 Å². The molecule has 1 heterocycles. The molecule has 0 saturated heterocycles. The molecule has 1 aromatic heterocycles. The molecule has 2 heteroatoms. The molecule has 0 radical (unpaired) electrons. The van der Waals surface area contributed by atoms with Crippen LogP contribution in [0.15, 0.2) is 200 Å². The third-order valence-corrected chi connectivity index (χ3v) is 16.2. The fourth-order valence-corrected chi connectivity index (χ4v) is 13.2. The zero-order chi connectivity index (χ0) is 43.7. The molecule has 4 aliphatic rings. The Morgan fingerprint density at radius 1 is 0.394 bits per heavy atom. The summed E-state index contributed by atoms with van der Waals surface area (Å²) in [7, 11) is 0. The lowest BCUT2D eigenvalue weighted by Gasteiger charge is -2.32. The number of rotatable bonds is 5. The number of hydrogen-bond acceptors (Lipinski definition) is 1. The lowest BCUT2D eigenvalue weighted by Crippen LogP contribution is -2.26. The summed E-state index contributed by atoms with van der Waals surface area (Å²) < 4.78 is 2.51. The van der Waals surface area contributed by atoms with Crippen molar-refractivity contribution >= 4 is 38.9 Å². The van der Waals surface area contributed by atoms with Crippen molar-refractivity contribution in [1.82, 2.24) is 4.57 Å². The molecule has 316 valence electrons. The Morgan fingerprint density at radius 2 is 0.894 bits per heavy atom. The molecule has 0 amide bonds. The zero-order valence-corrected chi connectivity index (χ0v) is 37.6. The van der Waals surface area contributed by atoms with Crippen molar-refractivity contribution in [3.63, 3.8) is 0 Å². The Bertz CT molecular complexity index is 3550.